The van der Waals surface area contributed by atoms with Crippen molar-refractivity contribution in [3.05, 3.63) is 29.3 Å². The summed E-state index contributed by atoms with van der Waals surface area (Å²) in [5, 5.41) is 9.99. The molecule has 1 N–H and O–H groups in total. The lowest BCUT2D eigenvalue weighted by Gasteiger charge is -2.23. The second kappa shape index (κ2) is 5.72. The number of rotatable bonds is 5. The maximum Gasteiger partial charge on any atom is 0.0948 e. The summed E-state index contributed by atoms with van der Waals surface area (Å²) in [6.07, 6.45) is 0.839. The van der Waals surface area contributed by atoms with E-state index < -0.39 is 6.10 Å². The van der Waals surface area contributed by atoms with Crippen molar-refractivity contribution in [2.24, 2.45) is 0 Å². The number of aliphatic hydroxyl groups is 1. The van der Waals surface area contributed by atoms with Gasteiger partial charge in [0.25, 0.3) is 0 Å². The number of hydrogen-bond acceptors (Lipinski definition) is 3. The largest absolute Gasteiger partial charge is 0.389 e. The van der Waals surface area contributed by atoms with Crippen molar-refractivity contribution in [2.45, 2.75) is 39.4 Å². The van der Waals surface area contributed by atoms with Gasteiger partial charge >= 0.3 is 0 Å². The van der Waals surface area contributed by atoms with Gasteiger partial charge in [-0.1, -0.05) is 12.1 Å². The summed E-state index contributed by atoms with van der Waals surface area (Å²) < 4.78 is 5.45. The lowest BCUT2D eigenvalue weighted by atomic mass is 10.1. The van der Waals surface area contributed by atoms with E-state index in [9.17, 15) is 5.11 Å². The van der Waals surface area contributed by atoms with Crippen LogP contribution in [0, 0.1) is 6.92 Å². The number of aryl methyl sites for hydroxylation is 1. The molecule has 3 nitrogen and oxygen atoms in total. The van der Waals surface area contributed by atoms with Gasteiger partial charge in [0.1, 0.15) is 0 Å². The zero-order valence-corrected chi connectivity index (χ0v) is 11.5. The summed E-state index contributed by atoms with van der Waals surface area (Å²) >= 11 is 0. The average Bonchev–Trinajstić information content (AvgIpc) is 2.72. The number of β-amino-alcohol motifs (C(OH)–C–C–N with tert-alkyl or cyclic N) is 1. The first-order valence-electron chi connectivity index (χ1n) is 6.71. The van der Waals surface area contributed by atoms with Crippen LogP contribution in [0.4, 0.5) is 5.69 Å². The fourth-order valence-electron chi connectivity index (χ4n) is 2.48. The maximum atomic E-state index is 9.99. The molecule has 1 atom stereocenters. The fraction of sp³-hybridized carbons (Fsp3) is 0.600. The molecule has 1 aromatic rings. The molecule has 0 amide bonds. The van der Waals surface area contributed by atoms with E-state index in [1.54, 1.807) is 0 Å². The molecule has 18 heavy (non-hydrogen) atoms. The molecule has 0 saturated carbocycles. The number of anilines is 1. The van der Waals surface area contributed by atoms with Crippen LogP contribution in [0.3, 0.4) is 0 Å². The highest BCUT2D eigenvalue weighted by atomic mass is 16.5. The Bertz CT molecular complexity index is 403. The molecule has 0 spiro atoms. The van der Waals surface area contributed by atoms with Gasteiger partial charge in [0, 0.05) is 18.8 Å². The van der Waals surface area contributed by atoms with Crippen molar-refractivity contribution >= 4 is 5.69 Å². The minimum atomic E-state index is -0.418. The van der Waals surface area contributed by atoms with Crippen LogP contribution in [-0.2, 0) is 11.2 Å². The Morgan fingerprint density at radius 3 is 2.89 bits per heavy atom. The van der Waals surface area contributed by atoms with Crippen molar-refractivity contribution in [3.63, 3.8) is 0 Å². The Morgan fingerprint density at radius 1 is 1.39 bits per heavy atom. The van der Waals surface area contributed by atoms with E-state index in [0.717, 1.165) is 13.0 Å². The lowest BCUT2D eigenvalue weighted by molar-refractivity contribution is 0.00904. The van der Waals surface area contributed by atoms with Crippen LogP contribution in [0.15, 0.2) is 18.2 Å². The fourth-order valence-corrected chi connectivity index (χ4v) is 2.48. The van der Waals surface area contributed by atoms with Gasteiger partial charge in [0.05, 0.1) is 18.8 Å². The zero-order chi connectivity index (χ0) is 13.1. The Morgan fingerprint density at radius 2 is 2.17 bits per heavy atom. The third-order valence-corrected chi connectivity index (χ3v) is 3.41. The summed E-state index contributed by atoms with van der Waals surface area (Å²) in [4.78, 5) is 2.26. The molecule has 0 bridgehead atoms. The Labute approximate surface area is 109 Å². The molecule has 3 heteroatoms. The van der Waals surface area contributed by atoms with Crippen LogP contribution in [0.2, 0.25) is 0 Å². The number of aliphatic hydroxyl groups excluding tert-OH is 1. The molecule has 1 aliphatic rings. The van der Waals surface area contributed by atoms with Gasteiger partial charge in [0.15, 0.2) is 0 Å². The van der Waals surface area contributed by atoms with Gasteiger partial charge in [-0.25, -0.2) is 0 Å². The van der Waals surface area contributed by atoms with Crippen molar-refractivity contribution in [1.82, 2.24) is 0 Å². The lowest BCUT2D eigenvalue weighted by Crippen LogP contribution is -2.34. The van der Waals surface area contributed by atoms with Gasteiger partial charge in [-0.3, -0.25) is 0 Å². The van der Waals surface area contributed by atoms with Crippen molar-refractivity contribution in [3.8, 4) is 0 Å². The molecule has 0 saturated heterocycles. The van der Waals surface area contributed by atoms with Crippen LogP contribution < -0.4 is 4.90 Å². The molecule has 0 aliphatic carbocycles. The first kappa shape index (κ1) is 13.4. The minimum absolute atomic E-state index is 0.174. The van der Waals surface area contributed by atoms with E-state index in [1.165, 1.54) is 16.8 Å². The average molecular weight is 249 g/mol. The molecule has 0 fully saturated rings. The highest BCUT2D eigenvalue weighted by Gasteiger charge is 2.22. The van der Waals surface area contributed by atoms with Crippen LogP contribution in [0.1, 0.15) is 25.0 Å². The summed E-state index contributed by atoms with van der Waals surface area (Å²) in [6.45, 7) is 8.19. The molecule has 1 unspecified atom stereocenters. The number of benzene rings is 1. The predicted octanol–water partition coefficient (Wildman–Crippen LogP) is 2.14. The number of fused-ring (bicyclic) bond motifs is 1. The minimum Gasteiger partial charge on any atom is -0.389 e. The van der Waals surface area contributed by atoms with E-state index in [0.29, 0.717) is 13.2 Å². The molecular weight excluding hydrogens is 226 g/mol. The number of ether oxygens (including phenoxy) is 1. The molecule has 1 heterocycles. The topological polar surface area (TPSA) is 32.7 Å². The Kier molecular flexibility index (Phi) is 4.25. The summed E-state index contributed by atoms with van der Waals surface area (Å²) in [5.74, 6) is 0. The van der Waals surface area contributed by atoms with Crippen molar-refractivity contribution in [1.29, 1.82) is 0 Å². The van der Waals surface area contributed by atoms with Gasteiger partial charge < -0.3 is 14.7 Å². The van der Waals surface area contributed by atoms with Crippen LogP contribution in [-0.4, -0.2) is 37.0 Å². The van der Waals surface area contributed by atoms with E-state index in [4.69, 9.17) is 4.74 Å². The number of hydrogen-bond donors (Lipinski definition) is 1. The Hall–Kier alpha value is -1.06. The highest BCUT2D eigenvalue weighted by Crippen LogP contribution is 2.30. The molecule has 1 aromatic carbocycles. The van der Waals surface area contributed by atoms with Crippen LogP contribution in [0.25, 0.3) is 0 Å². The van der Waals surface area contributed by atoms with Crippen molar-refractivity contribution < 1.29 is 9.84 Å². The van der Waals surface area contributed by atoms with Gasteiger partial charge in [-0.05, 0) is 44.4 Å². The van der Waals surface area contributed by atoms with E-state index in [-0.39, 0.29) is 6.10 Å². The summed E-state index contributed by atoms with van der Waals surface area (Å²) in [7, 11) is 0. The molecule has 0 radical (unpaired) electrons. The molecule has 100 valence electrons. The van der Waals surface area contributed by atoms with E-state index in [2.05, 4.69) is 30.0 Å². The van der Waals surface area contributed by atoms with Gasteiger partial charge in [0.2, 0.25) is 0 Å². The zero-order valence-electron chi connectivity index (χ0n) is 11.5. The third kappa shape index (κ3) is 3.03. The molecular formula is C15H23NO2. The molecule has 1 aliphatic heterocycles. The SMILES string of the molecule is Cc1cccc2c1CCN2CC(O)COC(C)C. The summed E-state index contributed by atoms with van der Waals surface area (Å²) in [6, 6.07) is 6.38. The third-order valence-electron chi connectivity index (χ3n) is 3.41. The monoisotopic (exact) mass is 249 g/mol. The second-order valence-corrected chi connectivity index (χ2v) is 5.30. The van der Waals surface area contributed by atoms with Crippen LogP contribution in [0.5, 0.6) is 0 Å². The first-order chi connectivity index (χ1) is 8.58. The van der Waals surface area contributed by atoms with E-state index >= 15 is 0 Å². The molecule has 2 rings (SSSR count). The first-order valence-corrected chi connectivity index (χ1v) is 6.71. The van der Waals surface area contributed by atoms with Crippen molar-refractivity contribution in [2.75, 3.05) is 24.6 Å². The standard InChI is InChI=1S/C15H23NO2/c1-11(2)18-10-13(17)9-16-8-7-14-12(3)5-4-6-15(14)16/h4-6,11,13,17H,7-10H2,1-3H3. The highest BCUT2D eigenvalue weighted by molar-refractivity contribution is 5.60. The quantitative estimate of drug-likeness (QED) is 0.868. The number of nitrogens with zero attached hydrogens (tertiary/aromatic N) is 1. The Balaban J connectivity index is 1.95. The smallest absolute Gasteiger partial charge is 0.0948 e. The van der Waals surface area contributed by atoms with Crippen LogP contribution >= 0.6 is 0 Å². The van der Waals surface area contributed by atoms with E-state index in [1.807, 2.05) is 13.8 Å². The predicted molar refractivity (Wildman–Crippen MR) is 74.2 cm³/mol. The second-order valence-electron chi connectivity index (χ2n) is 5.30. The van der Waals surface area contributed by atoms with Gasteiger partial charge in [-0.15, -0.1) is 0 Å². The normalized spacial score (nSPS) is 16.2. The van der Waals surface area contributed by atoms with Gasteiger partial charge in [-0.2, -0.15) is 0 Å². The molecule has 0 aromatic heterocycles. The maximum absolute atomic E-state index is 9.99. The summed E-state index contributed by atoms with van der Waals surface area (Å²) in [5.41, 5.74) is 4.05.